The van der Waals surface area contributed by atoms with Crippen molar-refractivity contribution in [2.75, 3.05) is 0 Å². The van der Waals surface area contributed by atoms with E-state index in [1.54, 1.807) is 28.4 Å². The lowest BCUT2D eigenvalue weighted by Crippen LogP contribution is -2.26. The zero-order valence-electron chi connectivity index (χ0n) is 11.9. The van der Waals surface area contributed by atoms with Crippen LogP contribution in [0.2, 0.25) is 0 Å². The molecule has 0 amide bonds. The number of sulfonamides is 1. The van der Waals surface area contributed by atoms with Crippen LogP contribution in [0.4, 0.5) is 0 Å². The maximum Gasteiger partial charge on any atom is 0.250 e. The van der Waals surface area contributed by atoms with Crippen molar-refractivity contribution >= 4 is 21.4 Å². The van der Waals surface area contributed by atoms with E-state index in [0.717, 1.165) is 11.3 Å². The van der Waals surface area contributed by atoms with Crippen molar-refractivity contribution in [3.63, 3.8) is 0 Å². The van der Waals surface area contributed by atoms with Crippen LogP contribution in [0.1, 0.15) is 18.5 Å². The van der Waals surface area contributed by atoms with Crippen LogP contribution in [-0.2, 0) is 10.0 Å². The van der Waals surface area contributed by atoms with E-state index in [1.807, 2.05) is 43.5 Å². The Morgan fingerprint density at radius 3 is 2.77 bits per heavy atom. The molecule has 1 atom stereocenters. The molecule has 0 fully saturated rings. The quantitative estimate of drug-likeness (QED) is 0.781. The molecule has 1 unspecified atom stereocenters. The van der Waals surface area contributed by atoms with E-state index >= 15 is 0 Å². The van der Waals surface area contributed by atoms with E-state index in [1.165, 1.54) is 11.3 Å². The third-order valence-electron chi connectivity index (χ3n) is 3.23. The first kappa shape index (κ1) is 15.0. The summed E-state index contributed by atoms with van der Waals surface area (Å²) < 4.78 is 29.3. The van der Waals surface area contributed by atoms with Crippen LogP contribution in [0.25, 0.3) is 5.69 Å². The van der Waals surface area contributed by atoms with Crippen molar-refractivity contribution in [2.45, 2.75) is 17.2 Å². The molecule has 22 heavy (non-hydrogen) atoms. The lowest BCUT2D eigenvalue weighted by Gasteiger charge is -2.15. The van der Waals surface area contributed by atoms with Crippen molar-refractivity contribution in [3.05, 3.63) is 65.8 Å². The molecular weight excluding hydrogens is 318 g/mol. The number of thiophene rings is 1. The van der Waals surface area contributed by atoms with Gasteiger partial charge < -0.3 is 0 Å². The summed E-state index contributed by atoms with van der Waals surface area (Å²) >= 11 is 1.20. The van der Waals surface area contributed by atoms with Gasteiger partial charge in [-0.25, -0.2) is 17.8 Å². The SMILES string of the molecule is CC(NS(=O)(=O)c1cccs1)c1cccc(-n2cccn2)c1. The fourth-order valence-electron chi connectivity index (χ4n) is 2.13. The number of hydrogen-bond acceptors (Lipinski definition) is 4. The highest BCUT2D eigenvalue weighted by Crippen LogP contribution is 2.21. The molecule has 3 aromatic rings. The fraction of sp³-hybridized carbons (Fsp3) is 0.133. The first-order chi connectivity index (χ1) is 10.6. The van der Waals surface area contributed by atoms with Gasteiger partial charge in [0.05, 0.1) is 5.69 Å². The monoisotopic (exact) mass is 333 g/mol. The van der Waals surface area contributed by atoms with Crippen molar-refractivity contribution in [2.24, 2.45) is 0 Å². The molecular formula is C15H15N3O2S2. The highest BCUT2D eigenvalue weighted by molar-refractivity contribution is 7.91. The van der Waals surface area contributed by atoms with Gasteiger partial charge in [-0.15, -0.1) is 11.3 Å². The Morgan fingerprint density at radius 2 is 2.09 bits per heavy atom. The number of aromatic nitrogens is 2. The van der Waals surface area contributed by atoms with E-state index in [9.17, 15) is 8.42 Å². The standard InChI is InChI=1S/C15H15N3O2S2/c1-12(17-22(19,20)15-7-3-10-21-15)13-5-2-6-14(11-13)18-9-4-8-16-18/h2-12,17H,1H3. The van der Waals surface area contributed by atoms with Crippen LogP contribution < -0.4 is 4.72 Å². The highest BCUT2D eigenvalue weighted by atomic mass is 32.2. The molecule has 0 saturated heterocycles. The van der Waals surface area contributed by atoms with Gasteiger partial charge in [-0.3, -0.25) is 0 Å². The minimum absolute atomic E-state index is 0.322. The molecule has 7 heteroatoms. The number of rotatable bonds is 5. The van der Waals surface area contributed by atoms with Crippen LogP contribution >= 0.6 is 11.3 Å². The molecule has 5 nitrogen and oxygen atoms in total. The zero-order valence-corrected chi connectivity index (χ0v) is 13.5. The van der Waals surface area contributed by atoms with Crippen LogP contribution in [-0.4, -0.2) is 18.2 Å². The van der Waals surface area contributed by atoms with E-state index < -0.39 is 10.0 Å². The summed E-state index contributed by atoms with van der Waals surface area (Å²) in [7, 11) is -3.48. The van der Waals surface area contributed by atoms with Gasteiger partial charge in [0.25, 0.3) is 10.0 Å². The van der Waals surface area contributed by atoms with E-state index in [0.29, 0.717) is 4.21 Å². The summed E-state index contributed by atoms with van der Waals surface area (Å²) in [5, 5.41) is 5.93. The summed E-state index contributed by atoms with van der Waals surface area (Å²) in [6, 6.07) is 12.5. The van der Waals surface area contributed by atoms with Crippen molar-refractivity contribution in [1.29, 1.82) is 0 Å². The number of benzene rings is 1. The van der Waals surface area contributed by atoms with Gasteiger partial charge in [0, 0.05) is 18.4 Å². The van der Waals surface area contributed by atoms with Crippen LogP contribution in [0, 0.1) is 0 Å². The molecule has 0 aliphatic rings. The fourth-order valence-corrected chi connectivity index (χ4v) is 4.37. The molecule has 0 saturated carbocycles. The average molecular weight is 333 g/mol. The number of nitrogens with one attached hydrogen (secondary N) is 1. The van der Waals surface area contributed by atoms with E-state index in [4.69, 9.17) is 0 Å². The summed E-state index contributed by atoms with van der Waals surface area (Å²) in [6.07, 6.45) is 3.55. The Labute approximate surface area is 133 Å². The normalized spacial score (nSPS) is 13.1. The second kappa shape index (κ2) is 6.04. The molecule has 1 N–H and O–H groups in total. The predicted octanol–water partition coefficient (Wildman–Crippen LogP) is 2.97. The van der Waals surface area contributed by atoms with Crippen molar-refractivity contribution < 1.29 is 8.42 Å². The third-order valence-corrected chi connectivity index (χ3v) is 6.17. The van der Waals surface area contributed by atoms with Crippen LogP contribution in [0.5, 0.6) is 0 Å². The summed E-state index contributed by atoms with van der Waals surface area (Å²) in [5.41, 5.74) is 1.78. The van der Waals surface area contributed by atoms with Gasteiger partial charge in [0.15, 0.2) is 0 Å². The Kier molecular flexibility index (Phi) is 4.10. The van der Waals surface area contributed by atoms with Gasteiger partial charge in [-0.05, 0) is 42.1 Å². The smallest absolute Gasteiger partial charge is 0.241 e. The summed E-state index contributed by atoms with van der Waals surface area (Å²) in [5.74, 6) is 0. The summed E-state index contributed by atoms with van der Waals surface area (Å²) in [6.45, 7) is 1.83. The van der Waals surface area contributed by atoms with Gasteiger partial charge in [0.1, 0.15) is 4.21 Å². The zero-order chi connectivity index (χ0) is 15.6. The minimum Gasteiger partial charge on any atom is -0.241 e. The van der Waals surface area contributed by atoms with Gasteiger partial charge in [-0.1, -0.05) is 18.2 Å². The lowest BCUT2D eigenvalue weighted by molar-refractivity contribution is 0.569. The van der Waals surface area contributed by atoms with E-state index in [2.05, 4.69) is 9.82 Å². The first-order valence-corrected chi connectivity index (χ1v) is 9.08. The average Bonchev–Trinajstić information content (AvgIpc) is 3.20. The van der Waals surface area contributed by atoms with Crippen LogP contribution in [0.15, 0.2) is 64.4 Å². The summed E-state index contributed by atoms with van der Waals surface area (Å²) in [4.78, 5) is 0. The Morgan fingerprint density at radius 1 is 1.23 bits per heavy atom. The number of nitrogens with zero attached hydrogens (tertiary/aromatic N) is 2. The topological polar surface area (TPSA) is 64.0 Å². The minimum atomic E-state index is -3.48. The maximum absolute atomic E-state index is 12.3. The first-order valence-electron chi connectivity index (χ1n) is 6.72. The molecule has 2 aromatic heterocycles. The Hall–Kier alpha value is -1.96. The molecule has 0 bridgehead atoms. The third kappa shape index (κ3) is 3.11. The largest absolute Gasteiger partial charge is 0.250 e. The maximum atomic E-state index is 12.3. The van der Waals surface area contributed by atoms with E-state index in [-0.39, 0.29) is 6.04 Å². The Balaban J connectivity index is 1.84. The van der Waals surface area contributed by atoms with Crippen molar-refractivity contribution in [1.82, 2.24) is 14.5 Å². The molecule has 0 aliphatic heterocycles. The molecule has 0 aliphatic carbocycles. The van der Waals surface area contributed by atoms with Crippen molar-refractivity contribution in [3.8, 4) is 5.69 Å². The molecule has 3 rings (SSSR count). The highest BCUT2D eigenvalue weighted by Gasteiger charge is 2.19. The van der Waals surface area contributed by atoms with Gasteiger partial charge in [0.2, 0.25) is 0 Å². The lowest BCUT2D eigenvalue weighted by atomic mass is 10.1. The molecule has 0 spiro atoms. The second-order valence-corrected chi connectivity index (χ2v) is 7.71. The molecule has 0 radical (unpaired) electrons. The number of hydrogen-bond donors (Lipinski definition) is 1. The Bertz CT molecular complexity index is 841. The van der Waals surface area contributed by atoms with Crippen LogP contribution in [0.3, 0.4) is 0 Å². The van der Waals surface area contributed by atoms with Gasteiger partial charge in [-0.2, -0.15) is 5.10 Å². The second-order valence-electron chi connectivity index (χ2n) is 4.82. The van der Waals surface area contributed by atoms with Gasteiger partial charge >= 0.3 is 0 Å². The molecule has 2 heterocycles. The molecule has 114 valence electrons. The predicted molar refractivity (Wildman–Crippen MR) is 86.6 cm³/mol. The molecule has 1 aromatic carbocycles.